The van der Waals surface area contributed by atoms with Gasteiger partial charge in [-0.3, -0.25) is 4.79 Å². The highest BCUT2D eigenvalue weighted by Gasteiger charge is 2.28. The van der Waals surface area contributed by atoms with Gasteiger partial charge in [-0.05, 0) is 38.1 Å². The largest absolute Gasteiger partial charge is 0.406 e. The molecule has 27 heavy (non-hydrogen) atoms. The van der Waals surface area contributed by atoms with Crippen molar-refractivity contribution < 1.29 is 18.0 Å². The molecule has 0 unspecified atom stereocenters. The molecule has 3 aromatic rings. The molecule has 0 saturated heterocycles. The van der Waals surface area contributed by atoms with Crippen molar-refractivity contribution in [3.05, 3.63) is 71.6 Å². The molecule has 0 radical (unpaired) electrons. The highest BCUT2D eigenvalue weighted by molar-refractivity contribution is 6.08. The molecule has 0 saturated carbocycles. The van der Waals surface area contributed by atoms with Crippen molar-refractivity contribution in [3.63, 3.8) is 0 Å². The van der Waals surface area contributed by atoms with Crippen molar-refractivity contribution in [2.75, 3.05) is 0 Å². The van der Waals surface area contributed by atoms with Gasteiger partial charge >= 0.3 is 6.18 Å². The van der Waals surface area contributed by atoms with E-state index in [1.807, 2.05) is 30.3 Å². The number of ketones is 1. The lowest BCUT2D eigenvalue weighted by molar-refractivity contribution is -0.140. The van der Waals surface area contributed by atoms with Crippen LogP contribution in [0.3, 0.4) is 0 Å². The summed E-state index contributed by atoms with van der Waals surface area (Å²) in [6, 6.07) is 9.36. The summed E-state index contributed by atoms with van der Waals surface area (Å²) in [6.07, 6.45) is 0.632. The van der Waals surface area contributed by atoms with Crippen LogP contribution in [0.1, 0.15) is 27.6 Å². The van der Waals surface area contributed by atoms with E-state index < -0.39 is 12.7 Å². The second-order valence-corrected chi connectivity index (χ2v) is 6.02. The number of imidazole rings is 1. The van der Waals surface area contributed by atoms with E-state index in [-0.39, 0.29) is 11.6 Å². The minimum absolute atomic E-state index is 0.0615. The van der Waals surface area contributed by atoms with Crippen molar-refractivity contribution >= 4 is 11.9 Å². The minimum atomic E-state index is -4.36. The summed E-state index contributed by atoms with van der Waals surface area (Å²) in [7, 11) is 0. The Balaban J connectivity index is 1.87. The highest BCUT2D eigenvalue weighted by Crippen LogP contribution is 2.20. The number of halogens is 3. The molecule has 140 valence electrons. The number of carbonyl (C=O) groups is 1. The topological polar surface area (TPSA) is 52.7 Å². The molecule has 0 aliphatic heterocycles. The van der Waals surface area contributed by atoms with Gasteiger partial charge in [-0.15, -0.1) is 0 Å². The zero-order valence-electron chi connectivity index (χ0n) is 14.7. The molecule has 0 N–H and O–H groups in total. The van der Waals surface area contributed by atoms with E-state index in [9.17, 15) is 18.0 Å². The first-order chi connectivity index (χ1) is 12.8. The molecule has 0 fully saturated rings. The Morgan fingerprint density at radius 3 is 2.56 bits per heavy atom. The van der Waals surface area contributed by atoms with Gasteiger partial charge in [0.15, 0.2) is 5.78 Å². The summed E-state index contributed by atoms with van der Waals surface area (Å²) in [4.78, 5) is 16.5. The lowest BCUT2D eigenvalue weighted by Gasteiger charge is -2.08. The summed E-state index contributed by atoms with van der Waals surface area (Å²) in [5, 5.41) is 4.40. The molecule has 0 aliphatic rings. The lowest BCUT2D eigenvalue weighted by atomic mass is 10.1. The fourth-order valence-corrected chi connectivity index (χ4v) is 2.86. The van der Waals surface area contributed by atoms with Crippen molar-refractivity contribution in [1.29, 1.82) is 0 Å². The standard InChI is InChI=1S/C19H17F3N4O/c1-13-18(14(2)26(24-13)15-6-4-3-5-7-15)16(27)8-9-17-23-10-11-25(17)12-19(20,21)22/h3-11H,12H2,1-2H3/b9-8+. The van der Waals surface area contributed by atoms with Gasteiger partial charge in [-0.1, -0.05) is 18.2 Å². The lowest BCUT2D eigenvalue weighted by Crippen LogP contribution is -2.18. The van der Waals surface area contributed by atoms with Crippen LogP contribution in [0.4, 0.5) is 13.2 Å². The van der Waals surface area contributed by atoms with Crippen molar-refractivity contribution in [1.82, 2.24) is 19.3 Å². The van der Waals surface area contributed by atoms with Crippen LogP contribution in [0.5, 0.6) is 0 Å². The number of rotatable bonds is 5. The zero-order valence-corrected chi connectivity index (χ0v) is 14.7. The first-order valence-electron chi connectivity index (χ1n) is 8.18. The summed E-state index contributed by atoms with van der Waals surface area (Å²) < 4.78 is 40.4. The molecule has 0 spiro atoms. The van der Waals surface area contributed by atoms with Gasteiger partial charge in [-0.25, -0.2) is 9.67 Å². The summed E-state index contributed by atoms with van der Waals surface area (Å²) in [5.41, 5.74) is 2.45. The second kappa shape index (κ2) is 7.22. The van der Waals surface area contributed by atoms with E-state index in [4.69, 9.17) is 0 Å². The van der Waals surface area contributed by atoms with E-state index in [1.165, 1.54) is 24.5 Å². The van der Waals surface area contributed by atoms with Crippen LogP contribution in [0.15, 0.2) is 48.8 Å². The molecular formula is C19H17F3N4O. The number of carbonyl (C=O) groups excluding carboxylic acids is 1. The van der Waals surface area contributed by atoms with Gasteiger partial charge in [0.25, 0.3) is 0 Å². The van der Waals surface area contributed by atoms with E-state index in [0.29, 0.717) is 17.0 Å². The number of aryl methyl sites for hydroxylation is 1. The smallest absolute Gasteiger partial charge is 0.322 e. The Kier molecular flexibility index (Phi) is 4.98. The van der Waals surface area contributed by atoms with Crippen LogP contribution in [0.2, 0.25) is 0 Å². The van der Waals surface area contributed by atoms with Gasteiger partial charge < -0.3 is 4.57 Å². The quantitative estimate of drug-likeness (QED) is 0.498. The molecule has 0 atom stereocenters. The van der Waals surface area contributed by atoms with Crippen LogP contribution in [-0.4, -0.2) is 31.3 Å². The van der Waals surface area contributed by atoms with Crippen LogP contribution < -0.4 is 0 Å². The average Bonchev–Trinajstić information content (AvgIpc) is 3.15. The normalized spacial score (nSPS) is 12.0. The number of hydrogen-bond donors (Lipinski definition) is 0. The van der Waals surface area contributed by atoms with Gasteiger partial charge in [0, 0.05) is 12.4 Å². The summed E-state index contributed by atoms with van der Waals surface area (Å²) in [6.45, 7) is 2.33. The molecule has 0 aliphatic carbocycles. The van der Waals surface area contributed by atoms with Crippen LogP contribution in [0.25, 0.3) is 11.8 Å². The van der Waals surface area contributed by atoms with Crippen molar-refractivity contribution in [3.8, 4) is 5.69 Å². The Bertz CT molecular complexity index is 984. The highest BCUT2D eigenvalue weighted by atomic mass is 19.4. The van der Waals surface area contributed by atoms with Crippen molar-refractivity contribution in [2.45, 2.75) is 26.6 Å². The maximum atomic E-state index is 12.6. The SMILES string of the molecule is Cc1nn(-c2ccccc2)c(C)c1C(=O)/C=C/c1nccn1CC(F)(F)F. The molecule has 0 amide bonds. The Morgan fingerprint density at radius 1 is 1.19 bits per heavy atom. The number of para-hydroxylation sites is 1. The summed E-state index contributed by atoms with van der Waals surface area (Å²) in [5.74, 6) is -0.278. The number of benzene rings is 1. The fraction of sp³-hybridized carbons (Fsp3) is 0.211. The molecule has 5 nitrogen and oxygen atoms in total. The first kappa shape index (κ1) is 18.6. The number of alkyl halides is 3. The maximum absolute atomic E-state index is 12.6. The fourth-order valence-electron chi connectivity index (χ4n) is 2.86. The first-order valence-corrected chi connectivity index (χ1v) is 8.18. The zero-order chi connectivity index (χ0) is 19.6. The van der Waals surface area contributed by atoms with Gasteiger partial charge in [0.1, 0.15) is 12.4 Å². The molecule has 0 bridgehead atoms. The average molecular weight is 374 g/mol. The Hall–Kier alpha value is -3.16. The molecule has 2 aromatic heterocycles. The number of hydrogen-bond acceptors (Lipinski definition) is 3. The van der Waals surface area contributed by atoms with Gasteiger partial charge in [0.2, 0.25) is 0 Å². The number of nitrogens with zero attached hydrogens (tertiary/aromatic N) is 4. The molecule has 3 rings (SSSR count). The molecule has 1 aromatic carbocycles. The van der Waals surface area contributed by atoms with E-state index in [0.717, 1.165) is 10.3 Å². The van der Waals surface area contributed by atoms with Gasteiger partial charge in [-0.2, -0.15) is 18.3 Å². The number of aromatic nitrogens is 4. The summed E-state index contributed by atoms with van der Waals surface area (Å²) >= 11 is 0. The van der Waals surface area contributed by atoms with E-state index >= 15 is 0 Å². The molecule has 2 heterocycles. The van der Waals surface area contributed by atoms with Crippen LogP contribution >= 0.6 is 0 Å². The van der Waals surface area contributed by atoms with Gasteiger partial charge in [0.05, 0.1) is 22.6 Å². The third-order valence-electron chi connectivity index (χ3n) is 4.02. The minimum Gasteiger partial charge on any atom is -0.322 e. The second-order valence-electron chi connectivity index (χ2n) is 6.02. The third kappa shape index (κ3) is 4.16. The van der Waals surface area contributed by atoms with E-state index in [1.54, 1.807) is 18.5 Å². The molecule has 8 heteroatoms. The Morgan fingerprint density at radius 2 is 1.89 bits per heavy atom. The predicted molar refractivity (Wildman–Crippen MR) is 94.7 cm³/mol. The van der Waals surface area contributed by atoms with Crippen molar-refractivity contribution in [2.24, 2.45) is 0 Å². The van der Waals surface area contributed by atoms with Crippen LogP contribution in [0, 0.1) is 13.8 Å². The molecular weight excluding hydrogens is 357 g/mol. The monoisotopic (exact) mass is 374 g/mol. The Labute approximate surface area is 153 Å². The van der Waals surface area contributed by atoms with Crippen LogP contribution in [-0.2, 0) is 6.54 Å². The maximum Gasteiger partial charge on any atom is 0.406 e. The van der Waals surface area contributed by atoms with E-state index in [2.05, 4.69) is 10.1 Å². The third-order valence-corrected chi connectivity index (χ3v) is 4.02. The number of allylic oxidation sites excluding steroid dienone is 1. The predicted octanol–water partition coefficient (Wildman–Crippen LogP) is 4.14.